The minimum atomic E-state index is -0.394. The predicted octanol–water partition coefficient (Wildman–Crippen LogP) is 5.53. The molecule has 0 spiro atoms. The van der Waals surface area contributed by atoms with Crippen LogP contribution in [0.15, 0.2) is 77.0 Å². The lowest BCUT2D eigenvalue weighted by atomic mass is 9.86. The molecule has 2 aromatic carbocycles. The van der Waals surface area contributed by atoms with Gasteiger partial charge in [0.2, 0.25) is 0 Å². The van der Waals surface area contributed by atoms with Crippen molar-refractivity contribution in [3.05, 3.63) is 101 Å². The number of nitrogens with one attached hydrogen (secondary N) is 2. The highest BCUT2D eigenvalue weighted by molar-refractivity contribution is 6.05. The monoisotopic (exact) mass is 430 g/mol. The Balaban J connectivity index is 1.79. The minimum absolute atomic E-state index is 0.0596. The van der Waals surface area contributed by atoms with Crippen LogP contribution < -0.4 is 10.6 Å². The fourth-order valence-electron chi connectivity index (χ4n) is 3.28. The number of hydrogen-bond acceptors (Lipinski definition) is 3. The molecule has 0 saturated carbocycles. The molecule has 0 aliphatic rings. The maximum atomic E-state index is 13.1. The van der Waals surface area contributed by atoms with Crippen LogP contribution in [0, 0.1) is 6.92 Å². The molecule has 3 aromatic rings. The second-order valence-corrected chi connectivity index (χ2v) is 8.96. The molecule has 1 heterocycles. The van der Waals surface area contributed by atoms with E-state index >= 15 is 0 Å². The third-order valence-electron chi connectivity index (χ3n) is 5.23. The second-order valence-electron chi connectivity index (χ2n) is 8.96. The van der Waals surface area contributed by atoms with Crippen molar-refractivity contribution in [3.8, 4) is 0 Å². The third kappa shape index (κ3) is 5.97. The van der Waals surface area contributed by atoms with Crippen LogP contribution in [0.5, 0.6) is 0 Å². The van der Waals surface area contributed by atoms with Gasteiger partial charge in [-0.2, -0.15) is 0 Å². The van der Waals surface area contributed by atoms with Gasteiger partial charge in [0.25, 0.3) is 11.8 Å². The van der Waals surface area contributed by atoms with Gasteiger partial charge in [-0.25, -0.2) is 0 Å². The van der Waals surface area contributed by atoms with Crippen LogP contribution in [0.3, 0.4) is 0 Å². The molecule has 0 bridgehead atoms. The Kier molecular flexibility index (Phi) is 6.98. The van der Waals surface area contributed by atoms with E-state index in [1.54, 1.807) is 24.3 Å². The van der Waals surface area contributed by atoms with E-state index in [0.717, 1.165) is 11.1 Å². The minimum Gasteiger partial charge on any atom is -0.465 e. The van der Waals surface area contributed by atoms with E-state index in [0.29, 0.717) is 11.3 Å². The van der Waals surface area contributed by atoms with E-state index in [1.807, 2.05) is 38.1 Å². The number of furan rings is 1. The number of carbonyl (C=O) groups excluding carboxylic acids is 2. The maximum absolute atomic E-state index is 13.1. The normalized spacial score (nSPS) is 12.8. The van der Waals surface area contributed by atoms with E-state index in [9.17, 15) is 9.59 Å². The highest BCUT2D eigenvalue weighted by Crippen LogP contribution is 2.24. The Bertz CT molecular complexity index is 1100. The fourth-order valence-corrected chi connectivity index (χ4v) is 3.28. The summed E-state index contributed by atoms with van der Waals surface area (Å²) < 4.78 is 5.35. The van der Waals surface area contributed by atoms with Crippen molar-refractivity contribution in [2.75, 3.05) is 0 Å². The van der Waals surface area contributed by atoms with Crippen LogP contribution >= 0.6 is 0 Å². The van der Waals surface area contributed by atoms with Crippen LogP contribution in [-0.4, -0.2) is 11.8 Å². The Labute approximate surface area is 189 Å². The third-order valence-corrected chi connectivity index (χ3v) is 5.23. The summed E-state index contributed by atoms with van der Waals surface area (Å²) in [4.78, 5) is 25.8. The average molecular weight is 431 g/mol. The highest BCUT2D eigenvalue weighted by Gasteiger charge is 2.19. The first kappa shape index (κ1) is 23.1. The SMILES string of the molecule is Cc1cccc(C(=O)N/C(=C\c2ccco2)C(=O)N[C@H](C)c2ccc(C(C)(C)C)cc2)c1. The summed E-state index contributed by atoms with van der Waals surface area (Å²) in [5.74, 6) is -0.277. The molecule has 5 heteroatoms. The molecule has 1 aromatic heterocycles. The van der Waals surface area contributed by atoms with Gasteiger partial charge in [-0.3, -0.25) is 9.59 Å². The first-order valence-electron chi connectivity index (χ1n) is 10.7. The highest BCUT2D eigenvalue weighted by atomic mass is 16.3. The molecule has 1 atom stereocenters. The van der Waals surface area contributed by atoms with Crippen LogP contribution in [0.2, 0.25) is 0 Å². The van der Waals surface area contributed by atoms with Crippen LogP contribution in [0.25, 0.3) is 6.08 Å². The molecule has 0 aliphatic carbocycles. The number of aryl methyl sites for hydroxylation is 1. The van der Waals surface area contributed by atoms with E-state index in [-0.39, 0.29) is 23.1 Å². The summed E-state index contributed by atoms with van der Waals surface area (Å²) in [5, 5.41) is 5.71. The van der Waals surface area contributed by atoms with Crippen molar-refractivity contribution in [3.63, 3.8) is 0 Å². The predicted molar refractivity (Wildman–Crippen MR) is 127 cm³/mol. The quantitative estimate of drug-likeness (QED) is 0.505. The Hall–Kier alpha value is -3.60. The Morgan fingerprint density at radius 1 is 1.00 bits per heavy atom. The van der Waals surface area contributed by atoms with Gasteiger partial charge in [0.05, 0.1) is 12.3 Å². The summed E-state index contributed by atoms with van der Waals surface area (Å²) in [6.07, 6.45) is 3.04. The Morgan fingerprint density at radius 2 is 1.72 bits per heavy atom. The number of rotatable bonds is 6. The van der Waals surface area contributed by atoms with Gasteiger partial charge < -0.3 is 15.1 Å². The number of amides is 2. The standard InChI is InChI=1S/C27H30N2O3/c1-18-8-6-9-21(16-18)25(30)29-24(17-23-10-7-15-32-23)26(31)28-19(2)20-11-13-22(14-12-20)27(3,4)5/h6-17,19H,1-5H3,(H,28,31)(H,29,30)/b24-17-/t19-/m1/s1. The number of carbonyl (C=O) groups is 2. The summed E-state index contributed by atoms with van der Waals surface area (Å²) in [6.45, 7) is 10.3. The van der Waals surface area contributed by atoms with Gasteiger partial charge in [0.15, 0.2) is 0 Å². The average Bonchev–Trinajstić information content (AvgIpc) is 3.25. The van der Waals surface area contributed by atoms with Gasteiger partial charge in [0, 0.05) is 11.6 Å². The van der Waals surface area contributed by atoms with Crippen LogP contribution in [-0.2, 0) is 10.2 Å². The second kappa shape index (κ2) is 9.69. The zero-order valence-corrected chi connectivity index (χ0v) is 19.2. The smallest absolute Gasteiger partial charge is 0.268 e. The molecule has 0 aliphatic heterocycles. The molecule has 0 fully saturated rings. The molecule has 0 unspecified atom stereocenters. The molecule has 0 saturated heterocycles. The van der Waals surface area contributed by atoms with E-state index < -0.39 is 5.91 Å². The molecular weight excluding hydrogens is 400 g/mol. The van der Waals surface area contributed by atoms with Crippen molar-refractivity contribution in [1.82, 2.24) is 10.6 Å². The van der Waals surface area contributed by atoms with E-state index in [2.05, 4.69) is 43.5 Å². The van der Waals surface area contributed by atoms with Crippen LogP contribution in [0.1, 0.15) is 66.5 Å². The topological polar surface area (TPSA) is 71.3 Å². The zero-order chi connectivity index (χ0) is 23.3. The molecule has 32 heavy (non-hydrogen) atoms. The lowest BCUT2D eigenvalue weighted by Crippen LogP contribution is -2.36. The van der Waals surface area contributed by atoms with Crippen molar-refractivity contribution in [1.29, 1.82) is 0 Å². The van der Waals surface area contributed by atoms with Crippen LogP contribution in [0.4, 0.5) is 0 Å². The molecule has 2 amide bonds. The summed E-state index contributed by atoms with van der Waals surface area (Å²) in [6, 6.07) is 18.6. The van der Waals surface area contributed by atoms with Crippen molar-refractivity contribution in [2.45, 2.75) is 46.1 Å². The van der Waals surface area contributed by atoms with Crippen molar-refractivity contribution in [2.24, 2.45) is 0 Å². The lowest BCUT2D eigenvalue weighted by molar-refractivity contribution is -0.118. The molecule has 166 valence electrons. The molecule has 3 rings (SSSR count). The van der Waals surface area contributed by atoms with Crippen molar-refractivity contribution < 1.29 is 14.0 Å². The summed E-state index contributed by atoms with van der Waals surface area (Å²) in [7, 11) is 0. The molecule has 0 radical (unpaired) electrons. The van der Waals surface area contributed by atoms with Crippen molar-refractivity contribution >= 4 is 17.9 Å². The molecule has 5 nitrogen and oxygen atoms in total. The van der Waals surface area contributed by atoms with E-state index in [1.165, 1.54) is 17.9 Å². The van der Waals surface area contributed by atoms with Gasteiger partial charge in [-0.05, 0) is 54.7 Å². The van der Waals surface area contributed by atoms with Gasteiger partial charge >= 0.3 is 0 Å². The molecule has 2 N–H and O–H groups in total. The molecular formula is C27H30N2O3. The Morgan fingerprint density at radius 3 is 2.31 bits per heavy atom. The largest absolute Gasteiger partial charge is 0.465 e. The lowest BCUT2D eigenvalue weighted by Gasteiger charge is -2.21. The number of hydrogen-bond donors (Lipinski definition) is 2. The summed E-state index contributed by atoms with van der Waals surface area (Å²) in [5.41, 5.74) is 3.83. The fraction of sp³-hybridized carbons (Fsp3) is 0.259. The van der Waals surface area contributed by atoms with E-state index in [4.69, 9.17) is 4.42 Å². The van der Waals surface area contributed by atoms with Gasteiger partial charge in [-0.15, -0.1) is 0 Å². The first-order chi connectivity index (χ1) is 15.1. The zero-order valence-electron chi connectivity index (χ0n) is 19.2. The van der Waals surface area contributed by atoms with Gasteiger partial charge in [0.1, 0.15) is 11.5 Å². The maximum Gasteiger partial charge on any atom is 0.268 e. The first-order valence-corrected chi connectivity index (χ1v) is 10.7. The number of benzene rings is 2. The van der Waals surface area contributed by atoms with Gasteiger partial charge in [-0.1, -0.05) is 62.7 Å². The summed E-state index contributed by atoms with van der Waals surface area (Å²) >= 11 is 0.